The van der Waals surface area contributed by atoms with E-state index < -0.39 is 17.9 Å². The predicted molar refractivity (Wildman–Crippen MR) is 72.3 cm³/mol. The number of aldehydes is 1. The van der Waals surface area contributed by atoms with Crippen LogP contribution in [0.5, 0.6) is 11.5 Å². The number of rotatable bonds is 7. The third kappa shape index (κ3) is 4.17. The van der Waals surface area contributed by atoms with Crippen LogP contribution in [0.25, 0.3) is 0 Å². The fourth-order valence-electron chi connectivity index (χ4n) is 1.56. The van der Waals surface area contributed by atoms with Crippen molar-refractivity contribution in [3.8, 4) is 11.5 Å². The van der Waals surface area contributed by atoms with Crippen molar-refractivity contribution in [1.82, 2.24) is 0 Å². The van der Waals surface area contributed by atoms with Crippen LogP contribution >= 0.6 is 0 Å². The molecular formula is C14H18O7. The van der Waals surface area contributed by atoms with Gasteiger partial charge in [0.1, 0.15) is 6.29 Å². The topological polar surface area (TPSA) is 102 Å². The summed E-state index contributed by atoms with van der Waals surface area (Å²) < 4.78 is 14.9. The average molecular weight is 298 g/mol. The van der Waals surface area contributed by atoms with E-state index in [2.05, 4.69) is 4.74 Å². The van der Waals surface area contributed by atoms with Crippen molar-refractivity contribution in [2.45, 2.75) is 25.7 Å². The molecule has 2 unspecified atom stereocenters. The maximum Gasteiger partial charge on any atom is 0.341 e. The molecule has 0 bridgehead atoms. The van der Waals surface area contributed by atoms with Crippen LogP contribution in [-0.2, 0) is 9.53 Å². The molecule has 7 nitrogen and oxygen atoms in total. The lowest BCUT2D eigenvalue weighted by atomic mass is 10.1. The third-order valence-corrected chi connectivity index (χ3v) is 2.66. The number of ether oxygens (including phenoxy) is 3. The maximum atomic E-state index is 11.4. The van der Waals surface area contributed by atoms with Crippen molar-refractivity contribution in [3.05, 3.63) is 23.8 Å². The number of esters is 1. The van der Waals surface area contributed by atoms with Gasteiger partial charge in [-0.3, -0.25) is 4.79 Å². The van der Waals surface area contributed by atoms with E-state index in [1.807, 2.05) is 0 Å². The average Bonchev–Trinajstić information content (AvgIpc) is 2.46. The fourth-order valence-corrected chi connectivity index (χ4v) is 1.56. The van der Waals surface area contributed by atoms with Gasteiger partial charge in [0.05, 0.1) is 13.7 Å². The molecule has 2 N–H and O–H groups in total. The van der Waals surface area contributed by atoms with Crippen molar-refractivity contribution < 1.29 is 34.0 Å². The number of aliphatic hydroxyl groups is 2. The van der Waals surface area contributed by atoms with Gasteiger partial charge in [-0.15, -0.1) is 0 Å². The van der Waals surface area contributed by atoms with Crippen molar-refractivity contribution in [3.63, 3.8) is 0 Å². The van der Waals surface area contributed by atoms with Crippen molar-refractivity contribution >= 4 is 12.3 Å². The molecule has 1 aromatic rings. The number of hydrogen-bond acceptors (Lipinski definition) is 7. The highest BCUT2D eigenvalue weighted by atomic mass is 16.7. The molecule has 0 fully saturated rings. The molecule has 0 saturated carbocycles. The number of carbonyl (C=O) groups excluding carboxylic acids is 2. The summed E-state index contributed by atoms with van der Waals surface area (Å²) in [5.74, 6) is -2.99. The van der Waals surface area contributed by atoms with Crippen molar-refractivity contribution in [2.75, 3.05) is 13.7 Å². The Labute approximate surface area is 122 Å². The molecule has 1 aromatic carbocycles. The van der Waals surface area contributed by atoms with Gasteiger partial charge in [-0.25, -0.2) is 4.79 Å². The molecule has 0 aliphatic rings. The molecule has 2 atom stereocenters. The SMILES string of the molecule is CCOC(=O)C(O)C(C)(O)Oc1ccc(C=O)cc1OC. The Morgan fingerprint density at radius 2 is 2.10 bits per heavy atom. The Morgan fingerprint density at radius 1 is 1.43 bits per heavy atom. The lowest BCUT2D eigenvalue weighted by Gasteiger charge is -2.28. The van der Waals surface area contributed by atoms with E-state index in [0.717, 1.165) is 6.92 Å². The smallest absolute Gasteiger partial charge is 0.341 e. The summed E-state index contributed by atoms with van der Waals surface area (Å²) in [5, 5.41) is 19.8. The summed E-state index contributed by atoms with van der Waals surface area (Å²) in [4.78, 5) is 22.1. The molecule has 0 aliphatic carbocycles. The highest BCUT2D eigenvalue weighted by Gasteiger charge is 2.40. The lowest BCUT2D eigenvalue weighted by Crippen LogP contribution is -2.50. The minimum atomic E-state index is -2.22. The minimum Gasteiger partial charge on any atom is -0.493 e. The number of methoxy groups -OCH3 is 1. The summed E-state index contributed by atoms with van der Waals surface area (Å²) in [6.07, 6.45) is -1.27. The first-order valence-electron chi connectivity index (χ1n) is 6.25. The molecule has 0 amide bonds. The Morgan fingerprint density at radius 3 is 2.62 bits per heavy atom. The zero-order chi connectivity index (χ0) is 16.0. The Balaban J connectivity index is 2.97. The summed E-state index contributed by atoms with van der Waals surface area (Å²) in [6.45, 7) is 2.74. The zero-order valence-corrected chi connectivity index (χ0v) is 12.0. The van der Waals surface area contributed by atoms with Crippen LogP contribution in [0.4, 0.5) is 0 Å². The van der Waals surface area contributed by atoms with Gasteiger partial charge in [0.15, 0.2) is 11.5 Å². The molecule has 0 aliphatic heterocycles. The van der Waals surface area contributed by atoms with E-state index in [4.69, 9.17) is 9.47 Å². The second kappa shape index (κ2) is 7.05. The normalized spacial score (nSPS) is 14.7. The van der Waals surface area contributed by atoms with Gasteiger partial charge in [0.2, 0.25) is 11.9 Å². The van der Waals surface area contributed by atoms with Gasteiger partial charge in [-0.1, -0.05) is 0 Å². The molecule has 0 heterocycles. The van der Waals surface area contributed by atoms with Gasteiger partial charge >= 0.3 is 5.97 Å². The Hall–Kier alpha value is -2.12. The monoisotopic (exact) mass is 298 g/mol. The van der Waals surface area contributed by atoms with E-state index in [9.17, 15) is 19.8 Å². The van der Waals surface area contributed by atoms with Crippen LogP contribution in [-0.4, -0.2) is 48.1 Å². The highest BCUT2D eigenvalue weighted by Crippen LogP contribution is 2.31. The summed E-state index contributed by atoms with van der Waals surface area (Å²) in [5.41, 5.74) is 0.352. The molecular weight excluding hydrogens is 280 g/mol. The minimum absolute atomic E-state index is 0.0589. The number of benzene rings is 1. The summed E-state index contributed by atoms with van der Waals surface area (Å²) in [6, 6.07) is 4.22. The standard InChI is InChI=1S/C14H18O7/c1-4-20-13(17)12(16)14(2,18)21-10-6-5-9(8-15)7-11(10)19-3/h5-8,12,16,18H,4H2,1-3H3. The van der Waals surface area contributed by atoms with E-state index in [1.54, 1.807) is 6.92 Å². The predicted octanol–water partition coefficient (Wildman–Crippen LogP) is 0.519. The first kappa shape index (κ1) is 16.9. The van der Waals surface area contributed by atoms with Crippen LogP contribution in [0.2, 0.25) is 0 Å². The van der Waals surface area contributed by atoms with Crippen LogP contribution in [0.1, 0.15) is 24.2 Å². The van der Waals surface area contributed by atoms with Gasteiger partial charge in [-0.05, 0) is 25.1 Å². The largest absolute Gasteiger partial charge is 0.493 e. The van der Waals surface area contributed by atoms with Gasteiger partial charge in [-0.2, -0.15) is 0 Å². The second-order valence-corrected chi connectivity index (χ2v) is 4.34. The molecule has 0 spiro atoms. The van der Waals surface area contributed by atoms with E-state index in [0.29, 0.717) is 11.8 Å². The first-order chi connectivity index (χ1) is 9.85. The molecule has 7 heteroatoms. The Kier molecular flexibility index (Phi) is 5.69. The molecule has 1 rings (SSSR count). The molecule has 0 radical (unpaired) electrons. The zero-order valence-electron chi connectivity index (χ0n) is 12.0. The van der Waals surface area contributed by atoms with Crippen LogP contribution < -0.4 is 9.47 Å². The number of carbonyl (C=O) groups is 2. The second-order valence-electron chi connectivity index (χ2n) is 4.34. The van der Waals surface area contributed by atoms with Gasteiger partial charge in [0, 0.05) is 12.5 Å². The van der Waals surface area contributed by atoms with Crippen LogP contribution in [0.3, 0.4) is 0 Å². The fraction of sp³-hybridized carbons (Fsp3) is 0.429. The quantitative estimate of drug-likeness (QED) is 0.430. The van der Waals surface area contributed by atoms with Gasteiger partial charge in [0.25, 0.3) is 0 Å². The maximum absolute atomic E-state index is 11.4. The van der Waals surface area contributed by atoms with Crippen LogP contribution in [0.15, 0.2) is 18.2 Å². The van der Waals surface area contributed by atoms with Crippen molar-refractivity contribution in [2.24, 2.45) is 0 Å². The van der Waals surface area contributed by atoms with E-state index in [-0.39, 0.29) is 18.1 Å². The lowest BCUT2D eigenvalue weighted by molar-refractivity contribution is -0.209. The number of hydrogen-bond donors (Lipinski definition) is 2. The summed E-state index contributed by atoms with van der Waals surface area (Å²) >= 11 is 0. The molecule has 21 heavy (non-hydrogen) atoms. The van der Waals surface area contributed by atoms with Gasteiger partial charge < -0.3 is 24.4 Å². The highest BCUT2D eigenvalue weighted by molar-refractivity contribution is 5.77. The third-order valence-electron chi connectivity index (χ3n) is 2.66. The first-order valence-corrected chi connectivity index (χ1v) is 6.25. The van der Waals surface area contributed by atoms with E-state index in [1.165, 1.54) is 25.3 Å². The molecule has 116 valence electrons. The van der Waals surface area contributed by atoms with Crippen molar-refractivity contribution in [1.29, 1.82) is 0 Å². The number of aliphatic hydroxyl groups excluding tert-OH is 1. The summed E-state index contributed by atoms with van der Waals surface area (Å²) in [7, 11) is 1.35. The van der Waals surface area contributed by atoms with Crippen LogP contribution in [0, 0.1) is 0 Å². The van der Waals surface area contributed by atoms with E-state index >= 15 is 0 Å². The molecule has 0 aromatic heterocycles. The molecule has 0 saturated heterocycles. The Bertz CT molecular complexity index is 510.